The maximum atomic E-state index is 13.8. The smallest absolute Gasteiger partial charge is 0.274 e. The highest BCUT2D eigenvalue weighted by molar-refractivity contribution is 6.03. The Balaban J connectivity index is 1.81. The van der Waals surface area contributed by atoms with E-state index in [-0.39, 0.29) is 5.69 Å². The highest BCUT2D eigenvalue weighted by atomic mass is 19.2. The second kappa shape index (κ2) is 7.60. The first kappa shape index (κ1) is 18.6. The van der Waals surface area contributed by atoms with Crippen molar-refractivity contribution in [3.8, 4) is 0 Å². The summed E-state index contributed by atoms with van der Waals surface area (Å²) < 4.78 is 40.1. The Morgan fingerprint density at radius 2 is 1.81 bits per heavy atom. The van der Waals surface area contributed by atoms with Crippen LogP contribution in [-0.2, 0) is 4.79 Å². The second-order valence-electron chi connectivity index (χ2n) is 6.00. The SMILES string of the molecule is Cc1cc(C(=O)Nc2ccc(F)c(F)c2F)nc(N2CCN(C=O)CC2)n1. The number of anilines is 2. The molecule has 0 unspecified atom stereocenters. The molecule has 2 amide bonds. The Kier molecular flexibility index (Phi) is 5.24. The predicted molar refractivity (Wildman–Crippen MR) is 90.9 cm³/mol. The molecule has 1 fully saturated rings. The van der Waals surface area contributed by atoms with Gasteiger partial charge in [0.1, 0.15) is 5.69 Å². The third kappa shape index (κ3) is 3.99. The molecule has 27 heavy (non-hydrogen) atoms. The van der Waals surface area contributed by atoms with Gasteiger partial charge in [-0.1, -0.05) is 0 Å². The summed E-state index contributed by atoms with van der Waals surface area (Å²) in [4.78, 5) is 35.1. The van der Waals surface area contributed by atoms with Gasteiger partial charge in [0.2, 0.25) is 12.4 Å². The van der Waals surface area contributed by atoms with Crippen molar-refractivity contribution in [1.29, 1.82) is 0 Å². The van der Waals surface area contributed by atoms with Gasteiger partial charge in [0.15, 0.2) is 17.5 Å². The van der Waals surface area contributed by atoms with Gasteiger partial charge in [0.05, 0.1) is 5.69 Å². The quantitative estimate of drug-likeness (QED) is 0.647. The van der Waals surface area contributed by atoms with Crippen LogP contribution in [0, 0.1) is 24.4 Å². The predicted octanol–water partition coefficient (Wildman–Crippen LogP) is 1.73. The first-order chi connectivity index (χ1) is 12.9. The van der Waals surface area contributed by atoms with E-state index in [1.165, 1.54) is 6.07 Å². The molecule has 0 bridgehead atoms. The number of amides is 2. The number of nitrogens with zero attached hydrogens (tertiary/aromatic N) is 4. The molecule has 2 aromatic rings. The van der Waals surface area contributed by atoms with E-state index in [9.17, 15) is 22.8 Å². The zero-order valence-corrected chi connectivity index (χ0v) is 14.4. The molecule has 10 heteroatoms. The summed E-state index contributed by atoms with van der Waals surface area (Å²) in [5.74, 6) is -4.98. The number of halogens is 3. The van der Waals surface area contributed by atoms with E-state index in [1.807, 2.05) is 4.90 Å². The lowest BCUT2D eigenvalue weighted by atomic mass is 10.2. The third-order valence-corrected chi connectivity index (χ3v) is 4.10. The van der Waals surface area contributed by atoms with Gasteiger partial charge >= 0.3 is 0 Å². The molecule has 1 aromatic carbocycles. The molecule has 1 aromatic heterocycles. The average Bonchev–Trinajstić information content (AvgIpc) is 2.68. The van der Waals surface area contributed by atoms with Crippen LogP contribution in [0.2, 0.25) is 0 Å². The molecule has 1 saturated heterocycles. The van der Waals surface area contributed by atoms with Crippen molar-refractivity contribution >= 4 is 24.0 Å². The standard InChI is InChI=1S/C17H16F3N5O2/c1-10-8-13(16(27)22-12-3-2-11(18)14(19)15(12)20)23-17(21-10)25-6-4-24(9-26)5-7-25/h2-3,8-9H,4-7H2,1H3,(H,22,27). The summed E-state index contributed by atoms with van der Waals surface area (Å²) in [7, 11) is 0. The lowest BCUT2D eigenvalue weighted by molar-refractivity contribution is -0.118. The lowest BCUT2D eigenvalue weighted by Crippen LogP contribution is -2.46. The van der Waals surface area contributed by atoms with Crippen LogP contribution in [0.15, 0.2) is 18.2 Å². The van der Waals surface area contributed by atoms with Crippen LogP contribution >= 0.6 is 0 Å². The molecule has 142 valence electrons. The van der Waals surface area contributed by atoms with Crippen LogP contribution in [0.3, 0.4) is 0 Å². The summed E-state index contributed by atoms with van der Waals surface area (Å²) in [6.45, 7) is 3.68. The number of benzene rings is 1. The highest BCUT2D eigenvalue weighted by Gasteiger charge is 2.21. The monoisotopic (exact) mass is 379 g/mol. The van der Waals surface area contributed by atoms with Crippen molar-refractivity contribution < 1.29 is 22.8 Å². The first-order valence-electron chi connectivity index (χ1n) is 8.14. The molecular formula is C17H16F3N5O2. The zero-order valence-electron chi connectivity index (χ0n) is 14.4. The molecule has 0 atom stereocenters. The van der Waals surface area contributed by atoms with Gasteiger partial charge in [-0.2, -0.15) is 0 Å². The van der Waals surface area contributed by atoms with Gasteiger partial charge in [0, 0.05) is 31.9 Å². The van der Waals surface area contributed by atoms with Gasteiger partial charge in [-0.3, -0.25) is 9.59 Å². The number of carbonyl (C=O) groups excluding carboxylic acids is 2. The van der Waals surface area contributed by atoms with Gasteiger partial charge in [-0.25, -0.2) is 23.1 Å². The van der Waals surface area contributed by atoms with Gasteiger partial charge in [-0.05, 0) is 25.1 Å². The summed E-state index contributed by atoms with van der Waals surface area (Å²) in [6, 6.07) is 3.05. The fraction of sp³-hybridized carbons (Fsp3) is 0.294. The van der Waals surface area contributed by atoms with Crippen molar-refractivity contribution in [1.82, 2.24) is 14.9 Å². The van der Waals surface area contributed by atoms with Crippen LogP contribution < -0.4 is 10.2 Å². The molecule has 0 radical (unpaired) electrons. The maximum Gasteiger partial charge on any atom is 0.274 e. The fourth-order valence-corrected chi connectivity index (χ4v) is 2.65. The van der Waals surface area contributed by atoms with Crippen molar-refractivity contribution in [2.75, 3.05) is 36.4 Å². The average molecular weight is 379 g/mol. The van der Waals surface area contributed by atoms with Crippen LogP contribution in [0.5, 0.6) is 0 Å². The zero-order chi connectivity index (χ0) is 19.6. The van der Waals surface area contributed by atoms with Crippen LogP contribution in [0.4, 0.5) is 24.8 Å². The molecule has 1 aliphatic heterocycles. The highest BCUT2D eigenvalue weighted by Crippen LogP contribution is 2.21. The molecule has 1 aliphatic rings. The van der Waals surface area contributed by atoms with Crippen molar-refractivity contribution in [2.45, 2.75) is 6.92 Å². The summed E-state index contributed by atoms with van der Waals surface area (Å²) in [5, 5.41) is 2.18. The molecule has 0 spiro atoms. The van der Waals surface area contributed by atoms with Crippen molar-refractivity contribution in [2.24, 2.45) is 0 Å². The minimum absolute atomic E-state index is 0.0422. The number of rotatable bonds is 4. The van der Waals surface area contributed by atoms with Crippen LogP contribution in [0.25, 0.3) is 0 Å². The van der Waals surface area contributed by atoms with E-state index >= 15 is 0 Å². The van der Waals surface area contributed by atoms with Gasteiger partial charge < -0.3 is 15.1 Å². The summed E-state index contributed by atoms with van der Waals surface area (Å²) in [6.07, 6.45) is 0.768. The number of hydrogen-bond donors (Lipinski definition) is 1. The third-order valence-electron chi connectivity index (χ3n) is 4.10. The van der Waals surface area contributed by atoms with Crippen molar-refractivity contribution in [3.05, 3.63) is 47.0 Å². The molecule has 3 rings (SSSR count). The molecule has 0 aliphatic carbocycles. The maximum absolute atomic E-state index is 13.8. The molecular weight excluding hydrogens is 363 g/mol. The number of aryl methyl sites for hydroxylation is 1. The van der Waals surface area contributed by atoms with Crippen LogP contribution in [-0.4, -0.2) is 53.4 Å². The largest absolute Gasteiger partial charge is 0.342 e. The lowest BCUT2D eigenvalue weighted by Gasteiger charge is -2.32. The number of hydrogen-bond acceptors (Lipinski definition) is 5. The first-order valence-corrected chi connectivity index (χ1v) is 8.14. The minimum Gasteiger partial charge on any atom is -0.342 e. The summed E-state index contributed by atoms with van der Waals surface area (Å²) >= 11 is 0. The molecule has 2 heterocycles. The fourth-order valence-electron chi connectivity index (χ4n) is 2.65. The van der Waals surface area contributed by atoms with E-state index in [0.29, 0.717) is 37.8 Å². The number of piperazine rings is 1. The molecule has 7 nitrogen and oxygen atoms in total. The van der Waals surface area contributed by atoms with Crippen LogP contribution in [0.1, 0.15) is 16.2 Å². The number of carbonyl (C=O) groups is 2. The Morgan fingerprint density at radius 1 is 1.11 bits per heavy atom. The topological polar surface area (TPSA) is 78.4 Å². The molecule has 1 N–H and O–H groups in total. The normalized spacial score (nSPS) is 14.2. The molecule has 0 saturated carbocycles. The van der Waals surface area contributed by atoms with Crippen molar-refractivity contribution in [3.63, 3.8) is 0 Å². The Morgan fingerprint density at radius 3 is 2.48 bits per heavy atom. The Labute approximate surface area is 152 Å². The Hall–Kier alpha value is -3.17. The van der Waals surface area contributed by atoms with Gasteiger partial charge in [0.25, 0.3) is 5.91 Å². The summed E-state index contributed by atoms with van der Waals surface area (Å²) in [5.41, 5.74) is -0.0236. The van der Waals surface area contributed by atoms with E-state index in [2.05, 4.69) is 15.3 Å². The van der Waals surface area contributed by atoms with E-state index < -0.39 is 29.0 Å². The second-order valence-corrected chi connectivity index (χ2v) is 6.00. The van der Waals surface area contributed by atoms with E-state index in [4.69, 9.17) is 0 Å². The van der Waals surface area contributed by atoms with Gasteiger partial charge in [-0.15, -0.1) is 0 Å². The number of aromatic nitrogens is 2. The van der Waals surface area contributed by atoms with E-state index in [1.54, 1.807) is 11.8 Å². The Bertz CT molecular complexity index is 885. The minimum atomic E-state index is -1.67. The van der Waals surface area contributed by atoms with E-state index in [0.717, 1.165) is 18.5 Å². The number of nitrogens with one attached hydrogen (secondary N) is 1.